The van der Waals surface area contributed by atoms with Crippen LogP contribution in [0.3, 0.4) is 0 Å². The van der Waals surface area contributed by atoms with Gasteiger partial charge in [0.15, 0.2) is 5.78 Å². The number of phenolic OH excluding ortho intramolecular Hbond substituents is 1. The van der Waals surface area contributed by atoms with Crippen molar-refractivity contribution >= 4 is 45.2 Å². The van der Waals surface area contributed by atoms with Crippen LogP contribution in [-0.2, 0) is 14.4 Å². The number of halogens is 1. The van der Waals surface area contributed by atoms with Gasteiger partial charge in [0, 0.05) is 21.6 Å². The number of ketones is 1. The molecule has 2 aromatic rings. The number of benzene rings is 2. The van der Waals surface area contributed by atoms with Crippen molar-refractivity contribution in [2.45, 2.75) is 25.4 Å². The van der Waals surface area contributed by atoms with E-state index in [1.54, 1.807) is 12.1 Å². The first-order valence-electron chi connectivity index (χ1n) is 9.54. The van der Waals surface area contributed by atoms with Gasteiger partial charge in [-0.25, -0.2) is 4.90 Å². The van der Waals surface area contributed by atoms with Crippen LogP contribution in [0.15, 0.2) is 46.9 Å². The van der Waals surface area contributed by atoms with E-state index in [0.29, 0.717) is 15.6 Å². The van der Waals surface area contributed by atoms with Crippen molar-refractivity contribution in [3.63, 3.8) is 0 Å². The van der Waals surface area contributed by atoms with Gasteiger partial charge in [0.05, 0.1) is 17.5 Å². The van der Waals surface area contributed by atoms with Gasteiger partial charge in [0.1, 0.15) is 11.3 Å². The van der Waals surface area contributed by atoms with Gasteiger partial charge in [-0.2, -0.15) is 0 Å². The molecule has 2 saturated heterocycles. The van der Waals surface area contributed by atoms with Gasteiger partial charge in [0.25, 0.3) is 0 Å². The zero-order chi connectivity index (χ0) is 22.7. The van der Waals surface area contributed by atoms with Crippen LogP contribution in [0.25, 0.3) is 0 Å². The van der Waals surface area contributed by atoms with Gasteiger partial charge in [-0.1, -0.05) is 15.9 Å². The molecule has 8 nitrogen and oxygen atoms in total. The molecule has 9 heteroatoms. The minimum absolute atomic E-state index is 0.112. The first-order valence-corrected chi connectivity index (χ1v) is 10.3. The number of rotatable bonds is 4. The van der Waals surface area contributed by atoms with E-state index in [2.05, 4.69) is 21.2 Å². The molecule has 4 unspecified atom stereocenters. The number of carboxylic acids is 1. The largest absolute Gasteiger partial charge is 0.508 e. The number of fused-ring (bicyclic) bond motifs is 1. The van der Waals surface area contributed by atoms with Crippen molar-refractivity contribution in [2.24, 2.45) is 11.8 Å². The van der Waals surface area contributed by atoms with Crippen molar-refractivity contribution in [1.82, 2.24) is 5.32 Å². The molecule has 31 heavy (non-hydrogen) atoms. The van der Waals surface area contributed by atoms with Crippen LogP contribution in [0.4, 0.5) is 5.69 Å². The molecule has 0 saturated carbocycles. The quantitative estimate of drug-likeness (QED) is 0.448. The van der Waals surface area contributed by atoms with E-state index in [4.69, 9.17) is 0 Å². The second-order valence-corrected chi connectivity index (χ2v) is 8.87. The third-order valence-corrected chi connectivity index (χ3v) is 6.58. The highest BCUT2D eigenvalue weighted by atomic mass is 79.9. The number of amides is 2. The fraction of sp³-hybridized carbons (Fsp3) is 0.273. The number of phenols is 1. The first-order chi connectivity index (χ1) is 14.6. The third kappa shape index (κ3) is 3.16. The number of Topliss-reactive ketones (excluding diaryl/α,β-unsaturated/α-hetero) is 1. The lowest BCUT2D eigenvalue weighted by molar-refractivity contribution is -0.147. The summed E-state index contributed by atoms with van der Waals surface area (Å²) in [5, 5.41) is 23.2. The number of hydrogen-bond acceptors (Lipinski definition) is 6. The maximum atomic E-state index is 13.4. The fourth-order valence-corrected chi connectivity index (χ4v) is 4.86. The van der Waals surface area contributed by atoms with Crippen LogP contribution in [0.2, 0.25) is 0 Å². The molecule has 2 heterocycles. The Kier molecular flexibility index (Phi) is 4.98. The smallest absolute Gasteiger partial charge is 0.324 e. The van der Waals surface area contributed by atoms with Gasteiger partial charge in [-0.15, -0.1) is 0 Å². The number of carboxylic acid groups (broad SMARTS) is 1. The Hall–Kier alpha value is -3.04. The highest BCUT2D eigenvalue weighted by Gasteiger charge is 2.67. The Morgan fingerprint density at radius 1 is 1.10 bits per heavy atom. The Morgan fingerprint density at radius 2 is 1.74 bits per heavy atom. The van der Waals surface area contributed by atoms with Gasteiger partial charge < -0.3 is 10.2 Å². The summed E-state index contributed by atoms with van der Waals surface area (Å²) in [5.41, 5.74) is -0.703. The maximum absolute atomic E-state index is 13.4. The van der Waals surface area contributed by atoms with Crippen LogP contribution in [-0.4, -0.2) is 39.3 Å². The predicted molar refractivity (Wildman–Crippen MR) is 114 cm³/mol. The summed E-state index contributed by atoms with van der Waals surface area (Å²) in [5.74, 6) is -4.94. The summed E-state index contributed by atoms with van der Waals surface area (Å²) in [4.78, 5) is 51.4. The molecule has 0 bridgehead atoms. The Labute approximate surface area is 186 Å². The highest BCUT2D eigenvalue weighted by molar-refractivity contribution is 9.10. The molecule has 4 atom stereocenters. The zero-order valence-electron chi connectivity index (χ0n) is 16.6. The van der Waals surface area contributed by atoms with E-state index in [-0.39, 0.29) is 17.2 Å². The number of hydrogen-bond donors (Lipinski definition) is 3. The SMILES string of the molecule is CC(=O)c1ccc(N2C(=O)C3C(c4cc(Br)ccc4O)NC(C)(C(=O)O)C3C2=O)cc1. The maximum Gasteiger partial charge on any atom is 0.324 e. The molecule has 0 aromatic heterocycles. The second-order valence-electron chi connectivity index (χ2n) is 7.95. The minimum Gasteiger partial charge on any atom is -0.508 e. The lowest BCUT2D eigenvalue weighted by Crippen LogP contribution is -2.53. The van der Waals surface area contributed by atoms with Crippen molar-refractivity contribution in [2.75, 3.05) is 4.90 Å². The number of aliphatic carboxylic acids is 1. The molecule has 0 aliphatic carbocycles. The third-order valence-electron chi connectivity index (χ3n) is 6.09. The minimum atomic E-state index is -1.72. The molecule has 160 valence electrons. The summed E-state index contributed by atoms with van der Waals surface area (Å²) >= 11 is 3.32. The van der Waals surface area contributed by atoms with E-state index >= 15 is 0 Å². The molecule has 2 aromatic carbocycles. The van der Waals surface area contributed by atoms with Crippen molar-refractivity contribution < 1.29 is 29.4 Å². The van der Waals surface area contributed by atoms with Crippen LogP contribution >= 0.6 is 15.9 Å². The van der Waals surface area contributed by atoms with Crippen LogP contribution in [0, 0.1) is 11.8 Å². The molecule has 2 aliphatic rings. The summed E-state index contributed by atoms with van der Waals surface area (Å²) in [6.45, 7) is 2.78. The van der Waals surface area contributed by atoms with Crippen LogP contribution < -0.4 is 10.2 Å². The van der Waals surface area contributed by atoms with E-state index < -0.39 is 41.2 Å². The normalized spacial score (nSPS) is 27.5. The summed E-state index contributed by atoms with van der Waals surface area (Å²) in [6, 6.07) is 9.77. The number of aromatic hydroxyl groups is 1. The molecule has 2 amide bonds. The van der Waals surface area contributed by atoms with Crippen LogP contribution in [0.1, 0.15) is 35.8 Å². The molecule has 2 aliphatic heterocycles. The number of nitrogens with zero attached hydrogens (tertiary/aromatic N) is 1. The standard InChI is InChI=1S/C22H19BrN2O6/c1-10(26)11-3-6-13(7-4-11)25-19(28)16-17(20(25)29)22(2,21(30)31)24-18(16)14-9-12(23)5-8-15(14)27/h3-9,16-18,24,27H,1-2H3,(H,30,31). The zero-order valence-corrected chi connectivity index (χ0v) is 18.2. The number of carbonyl (C=O) groups excluding carboxylic acids is 3. The highest BCUT2D eigenvalue weighted by Crippen LogP contribution is 2.51. The monoisotopic (exact) mass is 486 g/mol. The van der Waals surface area contributed by atoms with Crippen LogP contribution in [0.5, 0.6) is 5.75 Å². The van der Waals surface area contributed by atoms with Crippen molar-refractivity contribution in [1.29, 1.82) is 0 Å². The van der Waals surface area contributed by atoms with Gasteiger partial charge in [-0.3, -0.25) is 24.5 Å². The second kappa shape index (κ2) is 7.28. The fourth-order valence-electron chi connectivity index (χ4n) is 4.48. The van der Waals surface area contributed by atoms with E-state index in [1.165, 1.54) is 44.2 Å². The number of nitrogens with one attached hydrogen (secondary N) is 1. The first kappa shape index (κ1) is 21.2. The Morgan fingerprint density at radius 3 is 2.32 bits per heavy atom. The molecular weight excluding hydrogens is 468 g/mol. The van der Waals surface area contributed by atoms with Crippen molar-refractivity contribution in [3.8, 4) is 5.75 Å². The molecule has 0 radical (unpaired) electrons. The van der Waals surface area contributed by atoms with E-state index in [0.717, 1.165) is 4.90 Å². The van der Waals surface area contributed by atoms with E-state index in [1.807, 2.05) is 0 Å². The summed E-state index contributed by atoms with van der Waals surface area (Å²) in [7, 11) is 0. The van der Waals surface area contributed by atoms with Crippen molar-refractivity contribution in [3.05, 3.63) is 58.1 Å². The van der Waals surface area contributed by atoms with Gasteiger partial charge >= 0.3 is 5.97 Å². The molecule has 2 fully saturated rings. The average Bonchev–Trinajstić information content (AvgIpc) is 3.18. The molecule has 0 spiro atoms. The topological polar surface area (TPSA) is 124 Å². The number of carbonyl (C=O) groups is 4. The number of anilines is 1. The number of imide groups is 1. The molecule has 4 rings (SSSR count). The lowest BCUT2D eigenvalue weighted by Gasteiger charge is -2.27. The lowest BCUT2D eigenvalue weighted by atomic mass is 9.80. The molecule has 3 N–H and O–H groups in total. The average molecular weight is 487 g/mol. The summed E-state index contributed by atoms with van der Waals surface area (Å²) in [6.07, 6.45) is 0. The molecular formula is C22H19BrN2O6. The Balaban J connectivity index is 1.82. The van der Waals surface area contributed by atoms with E-state index in [9.17, 15) is 29.4 Å². The van der Waals surface area contributed by atoms with Gasteiger partial charge in [0.2, 0.25) is 11.8 Å². The summed E-state index contributed by atoms with van der Waals surface area (Å²) < 4.78 is 0.635. The predicted octanol–water partition coefficient (Wildman–Crippen LogP) is 2.65. The Bertz CT molecular complexity index is 1130. The van der Waals surface area contributed by atoms with Gasteiger partial charge in [-0.05, 0) is 56.3 Å².